The van der Waals surface area contributed by atoms with Crippen molar-refractivity contribution in [1.82, 2.24) is 10.6 Å². The second-order valence-electron chi connectivity index (χ2n) is 5.52. The van der Waals surface area contributed by atoms with E-state index in [9.17, 15) is 9.59 Å². The van der Waals surface area contributed by atoms with Crippen LogP contribution in [-0.4, -0.2) is 25.4 Å². The van der Waals surface area contributed by atoms with Gasteiger partial charge in [-0.1, -0.05) is 32.9 Å². The van der Waals surface area contributed by atoms with Crippen molar-refractivity contribution < 1.29 is 9.59 Å². The average molecular weight is 291 g/mol. The monoisotopic (exact) mass is 291 g/mol. The molecule has 1 aromatic carbocycles. The third kappa shape index (κ3) is 5.95. The van der Waals surface area contributed by atoms with Gasteiger partial charge in [0, 0.05) is 30.6 Å². The standard InChI is InChI=1S/C16H25N3O2/c1-11(2)15(20)19-14-7-5-13(6-8-14)10-18-16(21)12(3)9-17-4/h5-8,11-12,17H,9-10H2,1-4H3,(H,18,21)(H,19,20). The van der Waals surface area contributed by atoms with Crippen LogP contribution in [0.3, 0.4) is 0 Å². The molecule has 1 unspecified atom stereocenters. The SMILES string of the molecule is CNCC(C)C(=O)NCc1ccc(NC(=O)C(C)C)cc1. The molecule has 0 bridgehead atoms. The van der Waals surface area contributed by atoms with Crippen LogP contribution in [0.2, 0.25) is 0 Å². The van der Waals surface area contributed by atoms with Crippen molar-refractivity contribution in [3.8, 4) is 0 Å². The van der Waals surface area contributed by atoms with Crippen LogP contribution in [0.5, 0.6) is 0 Å². The highest BCUT2D eigenvalue weighted by atomic mass is 16.2. The molecule has 0 aliphatic rings. The van der Waals surface area contributed by atoms with E-state index in [1.54, 1.807) is 0 Å². The second-order valence-corrected chi connectivity index (χ2v) is 5.52. The highest BCUT2D eigenvalue weighted by Gasteiger charge is 2.11. The van der Waals surface area contributed by atoms with Crippen LogP contribution >= 0.6 is 0 Å². The van der Waals surface area contributed by atoms with Crippen LogP contribution < -0.4 is 16.0 Å². The zero-order valence-corrected chi connectivity index (χ0v) is 13.2. The molecule has 0 saturated heterocycles. The van der Waals surface area contributed by atoms with Gasteiger partial charge < -0.3 is 16.0 Å². The van der Waals surface area contributed by atoms with Crippen molar-refractivity contribution in [2.24, 2.45) is 11.8 Å². The lowest BCUT2D eigenvalue weighted by Gasteiger charge is -2.12. The highest BCUT2D eigenvalue weighted by Crippen LogP contribution is 2.11. The molecular weight excluding hydrogens is 266 g/mol. The Balaban J connectivity index is 2.48. The number of benzene rings is 1. The van der Waals surface area contributed by atoms with Gasteiger partial charge in [0.05, 0.1) is 0 Å². The molecule has 0 radical (unpaired) electrons. The molecule has 1 rings (SSSR count). The minimum Gasteiger partial charge on any atom is -0.352 e. The van der Waals surface area contributed by atoms with Crippen LogP contribution in [0.1, 0.15) is 26.3 Å². The lowest BCUT2D eigenvalue weighted by Crippen LogP contribution is -2.33. The Labute approximate surface area is 126 Å². The Bertz CT molecular complexity index is 469. The molecule has 1 aromatic rings. The molecule has 0 aliphatic carbocycles. The van der Waals surface area contributed by atoms with E-state index >= 15 is 0 Å². The van der Waals surface area contributed by atoms with Crippen LogP contribution in [0.25, 0.3) is 0 Å². The van der Waals surface area contributed by atoms with Gasteiger partial charge in [-0.05, 0) is 24.7 Å². The van der Waals surface area contributed by atoms with Gasteiger partial charge in [0.2, 0.25) is 11.8 Å². The summed E-state index contributed by atoms with van der Waals surface area (Å²) < 4.78 is 0. The van der Waals surface area contributed by atoms with Gasteiger partial charge in [0.15, 0.2) is 0 Å². The van der Waals surface area contributed by atoms with E-state index in [0.717, 1.165) is 11.3 Å². The largest absolute Gasteiger partial charge is 0.352 e. The van der Waals surface area contributed by atoms with Crippen LogP contribution in [0.15, 0.2) is 24.3 Å². The van der Waals surface area contributed by atoms with E-state index in [2.05, 4.69) is 16.0 Å². The number of carbonyl (C=O) groups is 2. The Hall–Kier alpha value is -1.88. The van der Waals surface area contributed by atoms with Gasteiger partial charge in [-0.15, -0.1) is 0 Å². The number of hydrogen-bond donors (Lipinski definition) is 3. The number of amides is 2. The van der Waals surface area contributed by atoms with Gasteiger partial charge in [0.25, 0.3) is 0 Å². The molecule has 116 valence electrons. The molecule has 0 saturated carbocycles. The molecule has 3 N–H and O–H groups in total. The second kappa shape index (κ2) is 8.42. The molecule has 5 nitrogen and oxygen atoms in total. The first kappa shape index (κ1) is 17.2. The molecule has 0 aliphatic heterocycles. The zero-order chi connectivity index (χ0) is 15.8. The molecule has 5 heteroatoms. The number of anilines is 1. The summed E-state index contributed by atoms with van der Waals surface area (Å²) in [7, 11) is 1.83. The molecular formula is C16H25N3O2. The van der Waals surface area contributed by atoms with E-state index < -0.39 is 0 Å². The predicted molar refractivity (Wildman–Crippen MR) is 84.8 cm³/mol. The molecule has 0 aromatic heterocycles. The summed E-state index contributed by atoms with van der Waals surface area (Å²) >= 11 is 0. The van der Waals surface area contributed by atoms with Crippen LogP contribution in [-0.2, 0) is 16.1 Å². The number of rotatable bonds is 7. The summed E-state index contributed by atoms with van der Waals surface area (Å²) in [6.45, 7) is 6.74. The van der Waals surface area contributed by atoms with Crippen molar-refractivity contribution in [3.63, 3.8) is 0 Å². The quantitative estimate of drug-likeness (QED) is 0.717. The van der Waals surface area contributed by atoms with E-state index in [1.807, 2.05) is 52.1 Å². The normalized spacial score (nSPS) is 12.0. The van der Waals surface area contributed by atoms with Gasteiger partial charge >= 0.3 is 0 Å². The first-order valence-electron chi connectivity index (χ1n) is 7.26. The Morgan fingerprint density at radius 2 is 1.67 bits per heavy atom. The van der Waals surface area contributed by atoms with Crippen molar-refractivity contribution in [3.05, 3.63) is 29.8 Å². The van der Waals surface area contributed by atoms with Crippen molar-refractivity contribution in [1.29, 1.82) is 0 Å². The number of hydrogen-bond acceptors (Lipinski definition) is 3. The minimum absolute atomic E-state index is 0.00283. The number of carbonyl (C=O) groups excluding carboxylic acids is 2. The predicted octanol–water partition coefficient (Wildman–Crippen LogP) is 1.75. The lowest BCUT2D eigenvalue weighted by molar-refractivity contribution is -0.124. The van der Waals surface area contributed by atoms with Crippen molar-refractivity contribution >= 4 is 17.5 Å². The summed E-state index contributed by atoms with van der Waals surface area (Å²) in [5.74, 6) is -0.0734. The summed E-state index contributed by atoms with van der Waals surface area (Å²) in [6.07, 6.45) is 0. The zero-order valence-electron chi connectivity index (χ0n) is 13.2. The fourth-order valence-electron chi connectivity index (χ4n) is 1.75. The first-order chi connectivity index (χ1) is 9.93. The Morgan fingerprint density at radius 3 is 2.19 bits per heavy atom. The Kier molecular flexibility index (Phi) is 6.88. The summed E-state index contributed by atoms with van der Waals surface area (Å²) in [5, 5.41) is 8.71. The van der Waals surface area contributed by atoms with E-state index in [4.69, 9.17) is 0 Å². The summed E-state index contributed by atoms with van der Waals surface area (Å²) in [5.41, 5.74) is 1.77. The van der Waals surface area contributed by atoms with E-state index in [0.29, 0.717) is 13.1 Å². The maximum absolute atomic E-state index is 11.8. The first-order valence-corrected chi connectivity index (χ1v) is 7.26. The summed E-state index contributed by atoms with van der Waals surface area (Å²) in [4.78, 5) is 23.4. The molecule has 1 atom stereocenters. The molecule has 0 fully saturated rings. The fourth-order valence-corrected chi connectivity index (χ4v) is 1.75. The van der Waals surface area contributed by atoms with Gasteiger partial charge in [-0.3, -0.25) is 9.59 Å². The van der Waals surface area contributed by atoms with Crippen molar-refractivity contribution in [2.45, 2.75) is 27.3 Å². The molecule has 0 heterocycles. The van der Waals surface area contributed by atoms with Crippen molar-refractivity contribution in [2.75, 3.05) is 18.9 Å². The smallest absolute Gasteiger partial charge is 0.226 e. The topological polar surface area (TPSA) is 70.2 Å². The number of nitrogens with one attached hydrogen (secondary N) is 3. The van der Waals surface area contributed by atoms with Gasteiger partial charge in [0.1, 0.15) is 0 Å². The maximum atomic E-state index is 11.8. The minimum atomic E-state index is -0.0559. The third-order valence-electron chi connectivity index (χ3n) is 3.17. The third-order valence-corrected chi connectivity index (χ3v) is 3.17. The molecule has 2 amide bonds. The maximum Gasteiger partial charge on any atom is 0.226 e. The van der Waals surface area contributed by atoms with E-state index in [-0.39, 0.29) is 23.7 Å². The van der Waals surface area contributed by atoms with E-state index in [1.165, 1.54) is 0 Å². The Morgan fingerprint density at radius 1 is 1.05 bits per heavy atom. The fraction of sp³-hybridized carbons (Fsp3) is 0.500. The summed E-state index contributed by atoms with van der Waals surface area (Å²) in [6, 6.07) is 7.50. The lowest BCUT2D eigenvalue weighted by atomic mass is 10.1. The van der Waals surface area contributed by atoms with Crippen LogP contribution in [0.4, 0.5) is 5.69 Å². The molecule has 0 spiro atoms. The highest BCUT2D eigenvalue weighted by molar-refractivity contribution is 5.92. The molecule has 21 heavy (non-hydrogen) atoms. The van der Waals surface area contributed by atoms with Crippen LogP contribution in [0, 0.1) is 11.8 Å². The van der Waals surface area contributed by atoms with Gasteiger partial charge in [-0.25, -0.2) is 0 Å². The average Bonchev–Trinajstić information content (AvgIpc) is 2.46. The van der Waals surface area contributed by atoms with Gasteiger partial charge in [-0.2, -0.15) is 0 Å².